The molecule has 0 aliphatic rings. The normalized spacial score (nSPS) is 11.2. The monoisotopic (exact) mass is 566 g/mol. The highest BCUT2D eigenvalue weighted by Gasteiger charge is 2.19. The fourth-order valence-corrected chi connectivity index (χ4v) is 5.03. The Morgan fingerprint density at radius 3 is 2.28 bits per heavy atom. The predicted octanol–water partition coefficient (Wildman–Crippen LogP) is 8.42. The largest absolute Gasteiger partial charge is 0.489 e. The van der Waals surface area contributed by atoms with Crippen molar-refractivity contribution in [1.29, 1.82) is 0 Å². The number of aryl methyl sites for hydroxylation is 2. The highest BCUT2D eigenvalue weighted by atomic mass is 35.5. The molecule has 0 unspecified atom stereocenters. The zero-order valence-electron chi connectivity index (χ0n) is 22.5. The number of hydrogen-bond acceptors (Lipinski definition) is 4. The number of halogens is 2. The summed E-state index contributed by atoms with van der Waals surface area (Å²) >= 11 is 13.0. The molecule has 0 fully saturated rings. The average Bonchev–Trinajstić information content (AvgIpc) is 3.30. The maximum Gasteiger partial charge on any atom is 0.335 e. The van der Waals surface area contributed by atoms with Crippen molar-refractivity contribution in [2.24, 2.45) is 0 Å². The molecule has 1 N–H and O–H groups in total. The van der Waals surface area contributed by atoms with Gasteiger partial charge in [-0.25, -0.2) is 9.48 Å². The Morgan fingerprint density at radius 1 is 0.974 bits per heavy atom. The maximum absolute atomic E-state index is 11.5. The molecule has 0 radical (unpaired) electrons. The Balaban J connectivity index is 1.49. The van der Waals surface area contributed by atoms with E-state index < -0.39 is 5.97 Å². The molecule has 39 heavy (non-hydrogen) atoms. The molecule has 8 heteroatoms. The molecule has 3 aromatic carbocycles. The van der Waals surface area contributed by atoms with E-state index in [4.69, 9.17) is 32.7 Å². The second kappa shape index (κ2) is 12.6. The molecule has 4 aromatic rings. The summed E-state index contributed by atoms with van der Waals surface area (Å²) in [6.45, 7) is 8.90. The van der Waals surface area contributed by atoms with Gasteiger partial charge >= 0.3 is 5.97 Å². The van der Waals surface area contributed by atoms with Gasteiger partial charge in [0, 0.05) is 0 Å². The van der Waals surface area contributed by atoms with Crippen molar-refractivity contribution in [3.05, 3.63) is 104 Å². The summed E-state index contributed by atoms with van der Waals surface area (Å²) in [6, 6.07) is 16.4. The van der Waals surface area contributed by atoms with Crippen molar-refractivity contribution < 1.29 is 19.4 Å². The number of benzene rings is 3. The zero-order chi connectivity index (χ0) is 28.1. The van der Waals surface area contributed by atoms with E-state index in [1.807, 2.05) is 44.3 Å². The van der Waals surface area contributed by atoms with Crippen molar-refractivity contribution in [3.8, 4) is 17.2 Å². The number of ether oxygens (including phenoxy) is 2. The van der Waals surface area contributed by atoms with Crippen molar-refractivity contribution >= 4 is 29.2 Å². The van der Waals surface area contributed by atoms with Crippen LogP contribution in [0.3, 0.4) is 0 Å². The minimum Gasteiger partial charge on any atom is -0.489 e. The maximum atomic E-state index is 11.5. The minimum absolute atomic E-state index is 0.238. The summed E-state index contributed by atoms with van der Waals surface area (Å²) in [6.07, 6.45) is 3.38. The third-order valence-corrected chi connectivity index (χ3v) is 7.19. The summed E-state index contributed by atoms with van der Waals surface area (Å²) in [5.41, 5.74) is 5.71. The van der Waals surface area contributed by atoms with Crippen LogP contribution in [0.25, 0.3) is 5.69 Å². The Kier molecular flexibility index (Phi) is 9.20. The SMILES string of the molecule is CCCc1cc(OCc2ccc(OCc3c(C(C)C)cnn3-c3c(Cl)cccc3Cl)cc2C)ccc1C(=O)O. The number of aromatic nitrogens is 2. The second-order valence-corrected chi connectivity index (χ2v) is 10.5. The molecule has 1 heterocycles. The number of para-hydroxylation sites is 1. The fraction of sp³-hybridized carbons (Fsp3) is 0.290. The Labute approximate surface area is 239 Å². The van der Waals surface area contributed by atoms with Gasteiger partial charge in [-0.05, 0) is 84.0 Å². The van der Waals surface area contributed by atoms with Crippen LogP contribution in [0.4, 0.5) is 0 Å². The summed E-state index contributed by atoms with van der Waals surface area (Å²) in [7, 11) is 0. The lowest BCUT2D eigenvalue weighted by molar-refractivity contribution is 0.0695. The van der Waals surface area contributed by atoms with Gasteiger partial charge in [-0.3, -0.25) is 0 Å². The van der Waals surface area contributed by atoms with E-state index in [-0.39, 0.29) is 5.92 Å². The lowest BCUT2D eigenvalue weighted by atomic mass is 10.0. The molecular weight excluding hydrogens is 535 g/mol. The quantitative estimate of drug-likeness (QED) is 0.197. The van der Waals surface area contributed by atoms with Gasteiger partial charge in [-0.2, -0.15) is 5.10 Å². The highest BCUT2D eigenvalue weighted by Crippen LogP contribution is 2.32. The van der Waals surface area contributed by atoms with E-state index in [0.29, 0.717) is 46.7 Å². The smallest absolute Gasteiger partial charge is 0.335 e. The molecule has 1 aromatic heterocycles. The molecule has 0 spiro atoms. The van der Waals surface area contributed by atoms with Crippen molar-refractivity contribution in [2.75, 3.05) is 0 Å². The third-order valence-electron chi connectivity index (χ3n) is 6.58. The van der Waals surface area contributed by atoms with Crippen LogP contribution in [0.1, 0.15) is 71.4 Å². The summed E-state index contributed by atoms with van der Waals surface area (Å²) in [5, 5.41) is 15.0. The van der Waals surface area contributed by atoms with Crippen molar-refractivity contribution in [1.82, 2.24) is 9.78 Å². The van der Waals surface area contributed by atoms with Crippen LogP contribution in [-0.4, -0.2) is 20.9 Å². The predicted molar refractivity (Wildman–Crippen MR) is 155 cm³/mol. The number of carboxylic acid groups (broad SMARTS) is 1. The van der Waals surface area contributed by atoms with Crippen molar-refractivity contribution in [3.63, 3.8) is 0 Å². The number of rotatable bonds is 11. The van der Waals surface area contributed by atoms with Crippen LogP contribution in [0.15, 0.2) is 60.8 Å². The van der Waals surface area contributed by atoms with Crippen molar-refractivity contribution in [2.45, 2.75) is 59.7 Å². The van der Waals surface area contributed by atoms with Gasteiger partial charge in [0.2, 0.25) is 0 Å². The van der Waals surface area contributed by atoms with Gasteiger partial charge in [0.15, 0.2) is 0 Å². The Bertz CT molecular complexity index is 1460. The number of aromatic carboxylic acids is 1. The summed E-state index contributed by atoms with van der Waals surface area (Å²) in [5.74, 6) is 0.688. The van der Waals surface area contributed by atoms with Crippen LogP contribution in [-0.2, 0) is 19.6 Å². The van der Waals surface area contributed by atoms with E-state index in [0.717, 1.165) is 40.1 Å². The van der Waals surface area contributed by atoms with Crippen LogP contribution >= 0.6 is 23.2 Å². The van der Waals surface area contributed by atoms with Crippen LogP contribution < -0.4 is 9.47 Å². The Hall–Kier alpha value is -3.48. The fourth-order valence-electron chi connectivity index (χ4n) is 4.47. The molecule has 0 aliphatic carbocycles. The van der Waals surface area contributed by atoms with Gasteiger partial charge in [-0.1, -0.05) is 62.5 Å². The zero-order valence-corrected chi connectivity index (χ0v) is 24.0. The van der Waals surface area contributed by atoms with E-state index in [1.165, 1.54) is 0 Å². The number of carbonyl (C=O) groups is 1. The minimum atomic E-state index is -0.921. The lowest BCUT2D eigenvalue weighted by Crippen LogP contribution is -2.09. The van der Waals surface area contributed by atoms with Gasteiger partial charge in [0.1, 0.15) is 30.4 Å². The molecule has 0 bridgehead atoms. The van der Waals surface area contributed by atoms with Gasteiger partial charge in [0.05, 0.1) is 27.5 Å². The van der Waals surface area contributed by atoms with Crippen LogP contribution in [0.2, 0.25) is 10.0 Å². The summed E-state index contributed by atoms with van der Waals surface area (Å²) in [4.78, 5) is 11.5. The molecule has 0 saturated carbocycles. The number of carboxylic acids is 1. The Morgan fingerprint density at radius 2 is 1.64 bits per heavy atom. The van der Waals surface area contributed by atoms with Gasteiger partial charge < -0.3 is 14.6 Å². The molecule has 6 nitrogen and oxygen atoms in total. The third kappa shape index (κ3) is 6.57. The van der Waals surface area contributed by atoms with Crippen LogP contribution in [0.5, 0.6) is 11.5 Å². The lowest BCUT2D eigenvalue weighted by Gasteiger charge is -2.16. The first-order valence-electron chi connectivity index (χ1n) is 12.9. The summed E-state index contributed by atoms with van der Waals surface area (Å²) < 4.78 is 14.0. The average molecular weight is 568 g/mol. The molecule has 0 atom stereocenters. The molecule has 0 saturated heterocycles. The van der Waals surface area contributed by atoms with Gasteiger partial charge in [-0.15, -0.1) is 0 Å². The van der Waals surface area contributed by atoms with E-state index in [9.17, 15) is 9.90 Å². The van der Waals surface area contributed by atoms with Gasteiger partial charge in [0.25, 0.3) is 0 Å². The molecule has 4 rings (SSSR count). The van der Waals surface area contributed by atoms with E-state index >= 15 is 0 Å². The first-order valence-corrected chi connectivity index (χ1v) is 13.7. The highest BCUT2D eigenvalue weighted by molar-refractivity contribution is 6.37. The second-order valence-electron chi connectivity index (χ2n) is 9.72. The number of hydrogen-bond donors (Lipinski definition) is 1. The first-order chi connectivity index (χ1) is 18.7. The van der Waals surface area contributed by atoms with E-state index in [2.05, 4.69) is 18.9 Å². The topological polar surface area (TPSA) is 73.6 Å². The molecule has 204 valence electrons. The standard InChI is InChI=1S/C31H32Cl2N2O4/c1-5-7-21-15-24(12-13-25(21)31(36)37)38-17-22-10-11-23(14-20(22)4)39-18-29-26(19(2)3)16-34-35(29)30-27(32)8-6-9-28(30)33/h6,8-16,19H,5,7,17-18H2,1-4H3,(H,36,37). The first kappa shape index (κ1) is 28.5. The van der Waals surface area contributed by atoms with Crippen LogP contribution in [0, 0.1) is 6.92 Å². The van der Waals surface area contributed by atoms with E-state index in [1.54, 1.807) is 35.0 Å². The molecule has 0 aliphatic heterocycles. The molecular formula is C31H32Cl2N2O4. The number of nitrogens with zero attached hydrogens (tertiary/aromatic N) is 2. The molecule has 0 amide bonds.